The van der Waals surface area contributed by atoms with Gasteiger partial charge in [-0.25, -0.2) is 8.78 Å². The molecule has 4 rings (SSSR count). The van der Waals surface area contributed by atoms with Gasteiger partial charge in [0, 0.05) is 30.5 Å². The summed E-state index contributed by atoms with van der Waals surface area (Å²) in [6, 6.07) is 8.82. The number of halogens is 3. The first kappa shape index (κ1) is 21.3. The van der Waals surface area contributed by atoms with E-state index in [9.17, 15) is 13.6 Å². The molecule has 5 nitrogen and oxygen atoms in total. The highest BCUT2D eigenvalue weighted by Crippen LogP contribution is 2.31. The molecule has 0 aliphatic carbocycles. The number of carbonyl (C=O) groups excluding carboxylic acids is 1. The van der Waals surface area contributed by atoms with Gasteiger partial charge in [-0.2, -0.15) is 0 Å². The number of rotatable bonds is 3. The molecule has 156 valence electrons. The smallest absolute Gasteiger partial charge is 0.251 e. The highest BCUT2D eigenvalue weighted by atomic mass is 35.5. The second-order valence-electron chi connectivity index (χ2n) is 7.06. The summed E-state index contributed by atoms with van der Waals surface area (Å²) < 4.78 is 38.2. The van der Waals surface area contributed by atoms with Gasteiger partial charge in [0.15, 0.2) is 23.1 Å². The van der Waals surface area contributed by atoms with E-state index in [1.165, 1.54) is 6.07 Å². The van der Waals surface area contributed by atoms with E-state index in [1.807, 2.05) is 0 Å². The molecule has 1 amide bonds. The van der Waals surface area contributed by atoms with E-state index in [-0.39, 0.29) is 30.3 Å². The molecule has 2 aromatic carbocycles. The summed E-state index contributed by atoms with van der Waals surface area (Å²) in [5.41, 5.74) is 1.16. The number of hydrogen-bond acceptors (Lipinski definition) is 4. The summed E-state index contributed by atoms with van der Waals surface area (Å²) in [7, 11) is 0. The van der Waals surface area contributed by atoms with Gasteiger partial charge >= 0.3 is 0 Å². The van der Waals surface area contributed by atoms with Crippen molar-refractivity contribution < 1.29 is 23.0 Å². The fourth-order valence-electron chi connectivity index (χ4n) is 3.71. The maximum atomic E-state index is 13.7. The van der Waals surface area contributed by atoms with E-state index >= 15 is 0 Å². The Kier molecular flexibility index (Phi) is 6.92. The molecule has 2 unspecified atom stereocenters. The largest absolute Gasteiger partial charge is 0.490 e. The third-order valence-electron chi connectivity index (χ3n) is 5.18. The Morgan fingerprint density at radius 3 is 2.62 bits per heavy atom. The maximum Gasteiger partial charge on any atom is 0.251 e. The average molecular weight is 425 g/mol. The molecule has 2 aliphatic rings. The van der Waals surface area contributed by atoms with Crippen LogP contribution in [0.4, 0.5) is 8.78 Å². The van der Waals surface area contributed by atoms with Gasteiger partial charge in [-0.05, 0) is 48.9 Å². The Labute approximate surface area is 174 Å². The van der Waals surface area contributed by atoms with E-state index in [0.717, 1.165) is 25.5 Å². The molecule has 8 heteroatoms. The maximum absolute atomic E-state index is 13.7. The third-order valence-corrected chi connectivity index (χ3v) is 5.18. The number of hydrogen-bond donors (Lipinski definition) is 2. The van der Waals surface area contributed by atoms with Crippen molar-refractivity contribution in [3.63, 3.8) is 0 Å². The normalized spacial score (nSPS) is 20.9. The van der Waals surface area contributed by atoms with E-state index in [1.54, 1.807) is 24.3 Å². The Hall–Kier alpha value is -2.38. The van der Waals surface area contributed by atoms with Crippen molar-refractivity contribution in [3.05, 3.63) is 59.2 Å². The zero-order valence-electron chi connectivity index (χ0n) is 15.8. The van der Waals surface area contributed by atoms with Crippen LogP contribution in [0.15, 0.2) is 36.4 Å². The number of nitrogens with one attached hydrogen (secondary N) is 2. The lowest BCUT2D eigenvalue weighted by atomic mass is 9.85. The van der Waals surface area contributed by atoms with Gasteiger partial charge in [-0.1, -0.05) is 6.07 Å². The highest BCUT2D eigenvalue weighted by molar-refractivity contribution is 5.95. The topological polar surface area (TPSA) is 59.6 Å². The summed E-state index contributed by atoms with van der Waals surface area (Å²) in [6.07, 6.45) is 1.51. The first-order chi connectivity index (χ1) is 13.6. The van der Waals surface area contributed by atoms with Gasteiger partial charge in [-0.3, -0.25) is 4.79 Å². The molecule has 1 fully saturated rings. The van der Waals surface area contributed by atoms with Crippen molar-refractivity contribution in [2.45, 2.75) is 24.8 Å². The molecule has 0 saturated carbocycles. The van der Waals surface area contributed by atoms with E-state index in [2.05, 4.69) is 10.6 Å². The summed E-state index contributed by atoms with van der Waals surface area (Å²) in [5.74, 6) is -0.885. The predicted octanol–water partition coefficient (Wildman–Crippen LogP) is 3.42. The van der Waals surface area contributed by atoms with Gasteiger partial charge < -0.3 is 20.1 Å². The molecular weight excluding hydrogens is 402 g/mol. The molecule has 0 bridgehead atoms. The van der Waals surface area contributed by atoms with Crippen LogP contribution in [0.25, 0.3) is 0 Å². The van der Waals surface area contributed by atoms with Crippen molar-refractivity contribution in [1.29, 1.82) is 0 Å². The molecule has 0 spiro atoms. The summed E-state index contributed by atoms with van der Waals surface area (Å²) in [6.45, 7) is 2.44. The van der Waals surface area contributed by atoms with Crippen LogP contribution < -0.4 is 20.1 Å². The van der Waals surface area contributed by atoms with Crippen LogP contribution in [0, 0.1) is 11.6 Å². The second kappa shape index (κ2) is 9.41. The number of amides is 1. The standard InChI is InChI=1S/C21H22F2N2O3.ClH/c22-16-4-2-13(10-17(16)23)15-6-7-24-12-18(15)25-21(26)14-3-5-19-20(11-14)28-9-1-8-27-19;/h2-5,10-11,15,18,24H,1,6-9,12H2,(H,25,26);1H. The fourth-order valence-corrected chi connectivity index (χ4v) is 3.71. The molecule has 2 heterocycles. The number of benzene rings is 2. The van der Waals surface area contributed by atoms with Crippen molar-refractivity contribution in [1.82, 2.24) is 10.6 Å². The van der Waals surface area contributed by atoms with E-state index in [4.69, 9.17) is 9.47 Å². The average Bonchev–Trinajstić information content (AvgIpc) is 2.95. The van der Waals surface area contributed by atoms with Crippen LogP contribution in [-0.4, -0.2) is 38.3 Å². The molecule has 2 atom stereocenters. The first-order valence-electron chi connectivity index (χ1n) is 9.48. The van der Waals surface area contributed by atoms with Crippen LogP contribution in [0.3, 0.4) is 0 Å². The monoisotopic (exact) mass is 424 g/mol. The Morgan fingerprint density at radius 2 is 1.83 bits per heavy atom. The zero-order valence-corrected chi connectivity index (χ0v) is 16.6. The first-order valence-corrected chi connectivity index (χ1v) is 9.48. The molecular formula is C21H23ClF2N2O3. The molecule has 2 aromatic rings. The second-order valence-corrected chi connectivity index (χ2v) is 7.06. The van der Waals surface area contributed by atoms with Gasteiger partial charge in [0.2, 0.25) is 0 Å². The van der Waals surface area contributed by atoms with Crippen LogP contribution >= 0.6 is 12.4 Å². The molecule has 1 saturated heterocycles. The Morgan fingerprint density at radius 1 is 1.03 bits per heavy atom. The van der Waals surface area contributed by atoms with Crippen LogP contribution in [-0.2, 0) is 0 Å². The zero-order chi connectivity index (χ0) is 19.5. The molecule has 0 radical (unpaired) electrons. The van der Waals surface area contributed by atoms with Gasteiger partial charge in [0.25, 0.3) is 5.91 Å². The molecule has 2 N–H and O–H groups in total. The number of carbonyl (C=O) groups is 1. The minimum Gasteiger partial charge on any atom is -0.490 e. The third kappa shape index (κ3) is 4.79. The van der Waals surface area contributed by atoms with Crippen LogP contribution in [0.5, 0.6) is 11.5 Å². The van der Waals surface area contributed by atoms with E-state index < -0.39 is 11.6 Å². The van der Waals surface area contributed by atoms with E-state index in [0.29, 0.717) is 42.4 Å². The van der Waals surface area contributed by atoms with Crippen molar-refractivity contribution in [2.75, 3.05) is 26.3 Å². The molecule has 29 heavy (non-hydrogen) atoms. The summed E-state index contributed by atoms with van der Waals surface area (Å²) in [5, 5.41) is 6.27. The van der Waals surface area contributed by atoms with Gasteiger partial charge in [-0.15, -0.1) is 12.4 Å². The lowest BCUT2D eigenvalue weighted by molar-refractivity contribution is 0.0924. The van der Waals surface area contributed by atoms with Crippen molar-refractivity contribution in [3.8, 4) is 11.5 Å². The quantitative estimate of drug-likeness (QED) is 0.792. The number of fused-ring (bicyclic) bond motifs is 1. The van der Waals surface area contributed by atoms with Crippen molar-refractivity contribution >= 4 is 18.3 Å². The highest BCUT2D eigenvalue weighted by Gasteiger charge is 2.29. The minimum absolute atomic E-state index is 0. The fraction of sp³-hybridized carbons (Fsp3) is 0.381. The van der Waals surface area contributed by atoms with Gasteiger partial charge in [0.1, 0.15) is 0 Å². The number of piperidine rings is 1. The van der Waals surface area contributed by atoms with Crippen LogP contribution in [0.1, 0.15) is 34.7 Å². The van der Waals surface area contributed by atoms with Gasteiger partial charge in [0.05, 0.1) is 13.2 Å². The summed E-state index contributed by atoms with van der Waals surface area (Å²) in [4.78, 5) is 12.8. The molecule has 0 aromatic heterocycles. The Bertz CT molecular complexity index is 881. The number of ether oxygens (including phenoxy) is 2. The summed E-state index contributed by atoms with van der Waals surface area (Å²) >= 11 is 0. The minimum atomic E-state index is -0.871. The lowest BCUT2D eigenvalue weighted by Crippen LogP contribution is -2.50. The van der Waals surface area contributed by atoms with Crippen LogP contribution in [0.2, 0.25) is 0 Å². The van der Waals surface area contributed by atoms with Crippen molar-refractivity contribution in [2.24, 2.45) is 0 Å². The lowest BCUT2D eigenvalue weighted by Gasteiger charge is -2.33. The predicted molar refractivity (Wildman–Crippen MR) is 107 cm³/mol. The molecule has 2 aliphatic heterocycles. The Balaban J connectivity index is 0.00000240. The SMILES string of the molecule is Cl.O=C(NC1CNCCC1c1ccc(F)c(F)c1)c1ccc2c(c1)OCCCO2.